The molecule has 0 spiro atoms. The van der Waals surface area contributed by atoms with E-state index in [1.165, 1.54) is 0 Å². The van der Waals surface area contributed by atoms with E-state index >= 15 is 0 Å². The van der Waals surface area contributed by atoms with Crippen LogP contribution in [0, 0.1) is 0 Å². The molecule has 0 bridgehead atoms. The molecule has 2 aromatic heterocycles. The number of hydrogen-bond donors (Lipinski definition) is 0. The molecule has 9 heteroatoms. The predicted molar refractivity (Wildman–Crippen MR) is 113 cm³/mol. The molecule has 7 nitrogen and oxygen atoms in total. The van der Waals surface area contributed by atoms with Gasteiger partial charge in [0.1, 0.15) is 0 Å². The molecule has 3 heterocycles. The summed E-state index contributed by atoms with van der Waals surface area (Å²) in [5.41, 5.74) is 1.73. The molecule has 1 aromatic carbocycles. The zero-order chi connectivity index (χ0) is 20.3. The van der Waals surface area contributed by atoms with Crippen LogP contribution in [0.4, 0.5) is 0 Å². The van der Waals surface area contributed by atoms with Gasteiger partial charge >= 0.3 is 0 Å². The molecule has 1 saturated heterocycles. The van der Waals surface area contributed by atoms with Gasteiger partial charge in [-0.15, -0.1) is 10.2 Å². The van der Waals surface area contributed by atoms with Gasteiger partial charge in [0.2, 0.25) is 10.0 Å². The standard InChI is InChI=1S/C20H23N5O2S2/c1-2-25-19(22-23-20(25)28-15-17-9-3-4-11-21-17)16-8-7-10-18(14-16)29(26,27)24-12-5-6-13-24/h3-4,7-11,14H,2,5-6,12-13,15H2,1H3. The topological polar surface area (TPSA) is 81.0 Å². The van der Waals surface area contributed by atoms with Crippen LogP contribution in [0.15, 0.2) is 58.7 Å². The Bertz CT molecular complexity index is 1080. The number of rotatable bonds is 7. The van der Waals surface area contributed by atoms with Crippen LogP contribution in [0.25, 0.3) is 11.4 Å². The van der Waals surface area contributed by atoms with E-state index in [0.717, 1.165) is 29.3 Å². The highest BCUT2D eigenvalue weighted by molar-refractivity contribution is 7.98. The second-order valence-corrected chi connectivity index (χ2v) is 9.68. The minimum absolute atomic E-state index is 0.310. The largest absolute Gasteiger partial charge is 0.302 e. The van der Waals surface area contributed by atoms with Crippen molar-refractivity contribution in [3.63, 3.8) is 0 Å². The fourth-order valence-corrected chi connectivity index (χ4v) is 5.87. The summed E-state index contributed by atoms with van der Waals surface area (Å²) >= 11 is 1.57. The van der Waals surface area contributed by atoms with Crippen molar-refractivity contribution in [1.29, 1.82) is 0 Å². The first-order chi connectivity index (χ1) is 14.1. The number of aromatic nitrogens is 4. The Morgan fingerprint density at radius 3 is 2.62 bits per heavy atom. The Hall–Kier alpha value is -2.23. The molecule has 152 valence electrons. The van der Waals surface area contributed by atoms with Gasteiger partial charge in [0.25, 0.3) is 0 Å². The molecular weight excluding hydrogens is 406 g/mol. The molecule has 0 radical (unpaired) electrons. The van der Waals surface area contributed by atoms with Crippen molar-refractivity contribution >= 4 is 21.8 Å². The highest BCUT2D eigenvalue weighted by Crippen LogP contribution is 2.28. The average Bonchev–Trinajstić information content (AvgIpc) is 3.43. The summed E-state index contributed by atoms with van der Waals surface area (Å²) < 4.78 is 29.4. The first-order valence-electron chi connectivity index (χ1n) is 9.66. The van der Waals surface area contributed by atoms with Gasteiger partial charge in [-0.3, -0.25) is 4.98 Å². The van der Waals surface area contributed by atoms with Crippen molar-refractivity contribution in [3.05, 3.63) is 54.4 Å². The Morgan fingerprint density at radius 1 is 1.07 bits per heavy atom. The average molecular weight is 430 g/mol. The van der Waals surface area contributed by atoms with Gasteiger partial charge in [-0.2, -0.15) is 4.31 Å². The maximum atomic E-state index is 12.9. The molecule has 3 aromatic rings. The third kappa shape index (κ3) is 4.22. The number of sulfonamides is 1. The van der Waals surface area contributed by atoms with Gasteiger partial charge in [-0.05, 0) is 44.0 Å². The summed E-state index contributed by atoms with van der Waals surface area (Å²) in [6.45, 7) is 3.90. The van der Waals surface area contributed by atoms with Crippen LogP contribution in [0.2, 0.25) is 0 Å². The molecule has 0 N–H and O–H groups in total. The van der Waals surface area contributed by atoms with E-state index in [1.54, 1.807) is 40.5 Å². The summed E-state index contributed by atoms with van der Waals surface area (Å²) in [5, 5.41) is 9.48. The van der Waals surface area contributed by atoms with Gasteiger partial charge < -0.3 is 4.57 Å². The quantitative estimate of drug-likeness (QED) is 0.535. The fraction of sp³-hybridized carbons (Fsp3) is 0.350. The van der Waals surface area contributed by atoms with Crippen LogP contribution in [0.5, 0.6) is 0 Å². The molecule has 4 rings (SSSR count). The maximum Gasteiger partial charge on any atom is 0.243 e. The van der Waals surface area contributed by atoms with Crippen molar-refractivity contribution in [1.82, 2.24) is 24.1 Å². The molecule has 29 heavy (non-hydrogen) atoms. The lowest BCUT2D eigenvalue weighted by Crippen LogP contribution is -2.27. The number of benzene rings is 1. The van der Waals surface area contributed by atoms with Gasteiger partial charge in [-0.1, -0.05) is 30.0 Å². The SMILES string of the molecule is CCn1c(SCc2ccccn2)nnc1-c1cccc(S(=O)(=O)N2CCCC2)c1. The van der Waals surface area contributed by atoms with Crippen LogP contribution in [0.3, 0.4) is 0 Å². The van der Waals surface area contributed by atoms with Crippen molar-refractivity contribution in [2.24, 2.45) is 0 Å². The van der Waals surface area contributed by atoms with Gasteiger partial charge in [-0.25, -0.2) is 8.42 Å². The van der Waals surface area contributed by atoms with E-state index in [-0.39, 0.29) is 0 Å². The van der Waals surface area contributed by atoms with E-state index in [4.69, 9.17) is 0 Å². The third-order valence-electron chi connectivity index (χ3n) is 4.90. The number of thioether (sulfide) groups is 1. The highest BCUT2D eigenvalue weighted by Gasteiger charge is 2.27. The summed E-state index contributed by atoms with van der Waals surface area (Å²) in [7, 11) is -3.47. The van der Waals surface area contributed by atoms with Gasteiger partial charge in [0.15, 0.2) is 11.0 Å². The number of hydrogen-bond acceptors (Lipinski definition) is 6. The van der Waals surface area contributed by atoms with E-state index in [1.807, 2.05) is 35.8 Å². The molecule has 1 aliphatic heterocycles. The molecule has 0 atom stereocenters. The number of pyridine rings is 1. The van der Waals surface area contributed by atoms with Crippen molar-refractivity contribution in [2.75, 3.05) is 13.1 Å². The second kappa shape index (κ2) is 8.64. The summed E-state index contributed by atoms with van der Waals surface area (Å²) in [5.74, 6) is 1.37. The van der Waals surface area contributed by atoms with Crippen LogP contribution >= 0.6 is 11.8 Å². The minimum Gasteiger partial charge on any atom is -0.302 e. The maximum absolute atomic E-state index is 12.9. The monoisotopic (exact) mass is 429 g/mol. The lowest BCUT2D eigenvalue weighted by atomic mass is 10.2. The van der Waals surface area contributed by atoms with Gasteiger partial charge in [0, 0.05) is 37.1 Å². The van der Waals surface area contributed by atoms with Crippen LogP contribution in [0.1, 0.15) is 25.5 Å². The van der Waals surface area contributed by atoms with Crippen LogP contribution in [-0.4, -0.2) is 45.6 Å². The molecule has 0 saturated carbocycles. The second-order valence-electron chi connectivity index (χ2n) is 6.80. The Labute approximate surface area is 175 Å². The van der Waals surface area contributed by atoms with E-state index < -0.39 is 10.0 Å². The highest BCUT2D eigenvalue weighted by atomic mass is 32.2. The third-order valence-corrected chi connectivity index (χ3v) is 7.80. The normalized spacial score (nSPS) is 15.1. The lowest BCUT2D eigenvalue weighted by molar-refractivity contribution is 0.477. The first-order valence-corrected chi connectivity index (χ1v) is 12.1. The summed E-state index contributed by atoms with van der Waals surface area (Å²) in [6.07, 6.45) is 3.61. The van der Waals surface area contributed by atoms with Crippen molar-refractivity contribution in [3.8, 4) is 11.4 Å². The van der Waals surface area contributed by atoms with Gasteiger partial charge in [0.05, 0.1) is 10.6 Å². The van der Waals surface area contributed by atoms with Crippen molar-refractivity contribution < 1.29 is 8.42 Å². The Balaban J connectivity index is 1.61. The first kappa shape index (κ1) is 20.1. The van der Waals surface area contributed by atoms with E-state index in [0.29, 0.717) is 36.1 Å². The zero-order valence-corrected chi connectivity index (χ0v) is 17.9. The zero-order valence-electron chi connectivity index (χ0n) is 16.2. The number of nitrogens with zero attached hydrogens (tertiary/aromatic N) is 5. The molecule has 1 aliphatic rings. The van der Waals surface area contributed by atoms with Crippen LogP contribution < -0.4 is 0 Å². The summed E-state index contributed by atoms with van der Waals surface area (Å²) in [6, 6.07) is 12.8. The molecule has 1 fully saturated rings. The van der Waals surface area contributed by atoms with Crippen molar-refractivity contribution in [2.45, 2.75) is 42.1 Å². The molecule has 0 unspecified atom stereocenters. The fourth-order valence-electron chi connectivity index (χ4n) is 3.39. The summed E-state index contributed by atoms with van der Waals surface area (Å²) in [4.78, 5) is 4.65. The minimum atomic E-state index is -3.47. The van der Waals surface area contributed by atoms with E-state index in [9.17, 15) is 8.42 Å². The Kier molecular flexibility index (Phi) is 5.98. The lowest BCUT2D eigenvalue weighted by Gasteiger charge is -2.16. The smallest absolute Gasteiger partial charge is 0.243 e. The Morgan fingerprint density at radius 2 is 1.90 bits per heavy atom. The van der Waals surface area contributed by atoms with Crippen LogP contribution in [-0.2, 0) is 22.3 Å². The predicted octanol–water partition coefficient (Wildman–Crippen LogP) is 3.44. The molecule has 0 aliphatic carbocycles. The molecule has 0 amide bonds. The molecular formula is C20H23N5O2S2. The van der Waals surface area contributed by atoms with E-state index in [2.05, 4.69) is 15.2 Å².